The van der Waals surface area contributed by atoms with Crippen molar-refractivity contribution in [1.82, 2.24) is 10.2 Å². The molecule has 0 aliphatic carbocycles. The summed E-state index contributed by atoms with van der Waals surface area (Å²) in [5.74, 6) is 0.898. The summed E-state index contributed by atoms with van der Waals surface area (Å²) in [6.07, 6.45) is 2.76. The molecule has 0 amide bonds. The quantitative estimate of drug-likeness (QED) is 0.918. The first-order valence-electron chi connectivity index (χ1n) is 7.82. The second kappa shape index (κ2) is 5.19. The Kier molecular flexibility index (Phi) is 3.21. The molecule has 1 N–H and O–H groups in total. The number of fused-ring (bicyclic) bond motifs is 4. The van der Waals surface area contributed by atoms with Crippen LogP contribution in [-0.2, 0) is 6.54 Å². The molecule has 3 saturated heterocycles. The largest absolute Gasteiger partial charge is 0.308 e. The average Bonchev–Trinajstić information content (AvgIpc) is 2.54. The van der Waals surface area contributed by atoms with E-state index in [0.29, 0.717) is 6.04 Å². The van der Waals surface area contributed by atoms with Gasteiger partial charge in [-0.3, -0.25) is 0 Å². The predicted octanol–water partition coefficient (Wildman–Crippen LogP) is 3.02. The summed E-state index contributed by atoms with van der Waals surface area (Å²) in [5.41, 5.74) is 1.43. The van der Waals surface area contributed by atoms with Crippen LogP contribution in [0.2, 0.25) is 0 Å². The molecular weight excluding hydrogens is 244 g/mol. The Bertz CT molecular complexity index is 594. The summed E-state index contributed by atoms with van der Waals surface area (Å²) in [4.78, 5) is 2.61. The van der Waals surface area contributed by atoms with E-state index in [-0.39, 0.29) is 0 Å². The van der Waals surface area contributed by atoms with Crippen molar-refractivity contribution < 1.29 is 0 Å². The summed E-state index contributed by atoms with van der Waals surface area (Å²) in [6.45, 7) is 4.88. The molecule has 2 nitrogen and oxygen atoms in total. The van der Waals surface area contributed by atoms with E-state index in [1.54, 1.807) is 0 Å². The van der Waals surface area contributed by atoms with Crippen LogP contribution in [0.15, 0.2) is 42.5 Å². The van der Waals surface area contributed by atoms with Crippen LogP contribution in [0.4, 0.5) is 0 Å². The Balaban J connectivity index is 1.51. The van der Waals surface area contributed by atoms with Crippen LogP contribution in [0.1, 0.15) is 18.4 Å². The molecule has 3 aliphatic rings. The lowest BCUT2D eigenvalue weighted by Crippen LogP contribution is -2.55. The van der Waals surface area contributed by atoms with Gasteiger partial charge < -0.3 is 10.2 Å². The van der Waals surface area contributed by atoms with Crippen LogP contribution in [-0.4, -0.2) is 30.6 Å². The molecule has 3 fully saturated rings. The van der Waals surface area contributed by atoms with Crippen molar-refractivity contribution in [2.45, 2.75) is 25.4 Å². The molecule has 5 rings (SSSR count). The standard InChI is InChI=1S/C18H22N2/c1-2-7-17-14(4-1)5-3-6-16(17)12-19-18-13-20-10-8-15(18)9-11-20/h1-7,15,18-19H,8-13H2. The number of nitrogens with one attached hydrogen (secondary N) is 1. The average molecular weight is 266 g/mol. The molecule has 3 aliphatic heterocycles. The zero-order valence-electron chi connectivity index (χ0n) is 11.9. The van der Waals surface area contributed by atoms with Gasteiger partial charge in [0.1, 0.15) is 0 Å². The third kappa shape index (κ3) is 2.23. The van der Waals surface area contributed by atoms with Gasteiger partial charge in [0.2, 0.25) is 0 Å². The fourth-order valence-electron chi connectivity index (χ4n) is 3.88. The molecular formula is C18H22N2. The summed E-state index contributed by atoms with van der Waals surface area (Å²) in [7, 11) is 0. The van der Waals surface area contributed by atoms with Crippen molar-refractivity contribution in [2.24, 2.45) is 5.92 Å². The molecule has 20 heavy (non-hydrogen) atoms. The van der Waals surface area contributed by atoms with Gasteiger partial charge in [0, 0.05) is 19.1 Å². The molecule has 2 aromatic rings. The third-order valence-corrected chi connectivity index (χ3v) is 5.09. The third-order valence-electron chi connectivity index (χ3n) is 5.09. The minimum absolute atomic E-state index is 0.691. The monoisotopic (exact) mass is 266 g/mol. The summed E-state index contributed by atoms with van der Waals surface area (Å²) < 4.78 is 0. The summed E-state index contributed by atoms with van der Waals surface area (Å²) >= 11 is 0. The maximum Gasteiger partial charge on any atom is 0.0227 e. The SMILES string of the molecule is c1ccc2c(CNC3CN4CCC3CC4)cccc2c1. The van der Waals surface area contributed by atoms with Crippen LogP contribution >= 0.6 is 0 Å². The predicted molar refractivity (Wildman–Crippen MR) is 83.7 cm³/mol. The number of rotatable bonds is 3. The molecule has 0 spiro atoms. The minimum Gasteiger partial charge on any atom is -0.308 e. The number of piperidine rings is 3. The van der Waals surface area contributed by atoms with Gasteiger partial charge in [-0.1, -0.05) is 42.5 Å². The van der Waals surface area contributed by atoms with Gasteiger partial charge in [-0.05, 0) is 48.2 Å². The lowest BCUT2D eigenvalue weighted by atomic mass is 9.84. The second-order valence-electron chi connectivity index (χ2n) is 6.26. The summed E-state index contributed by atoms with van der Waals surface area (Å²) in [6, 6.07) is 16.0. The molecule has 2 aromatic carbocycles. The second-order valence-corrected chi connectivity index (χ2v) is 6.26. The highest BCUT2D eigenvalue weighted by molar-refractivity contribution is 5.85. The molecule has 0 saturated carbocycles. The number of hydrogen-bond acceptors (Lipinski definition) is 2. The van der Waals surface area contributed by atoms with Crippen molar-refractivity contribution in [3.63, 3.8) is 0 Å². The fraction of sp³-hybridized carbons (Fsp3) is 0.444. The number of hydrogen-bond donors (Lipinski definition) is 1. The summed E-state index contributed by atoms with van der Waals surface area (Å²) in [5, 5.41) is 6.56. The maximum absolute atomic E-state index is 3.82. The Morgan fingerprint density at radius 2 is 1.80 bits per heavy atom. The highest BCUT2D eigenvalue weighted by Gasteiger charge is 2.33. The van der Waals surface area contributed by atoms with Crippen LogP contribution in [0.5, 0.6) is 0 Å². The first-order valence-corrected chi connectivity index (χ1v) is 7.82. The Morgan fingerprint density at radius 1 is 1.00 bits per heavy atom. The minimum atomic E-state index is 0.691. The van der Waals surface area contributed by atoms with Crippen molar-refractivity contribution in [2.75, 3.05) is 19.6 Å². The van der Waals surface area contributed by atoms with Crippen molar-refractivity contribution in [1.29, 1.82) is 0 Å². The van der Waals surface area contributed by atoms with E-state index >= 15 is 0 Å². The first kappa shape index (κ1) is 12.4. The molecule has 2 heteroatoms. The lowest BCUT2D eigenvalue weighted by molar-refractivity contribution is 0.0720. The van der Waals surface area contributed by atoms with Crippen molar-refractivity contribution in [3.8, 4) is 0 Å². The van der Waals surface area contributed by atoms with Crippen LogP contribution in [0.3, 0.4) is 0 Å². The van der Waals surface area contributed by atoms with E-state index in [1.807, 2.05) is 0 Å². The Hall–Kier alpha value is -1.38. The Labute approximate surface area is 120 Å². The van der Waals surface area contributed by atoms with Crippen LogP contribution in [0.25, 0.3) is 10.8 Å². The van der Waals surface area contributed by atoms with Crippen molar-refractivity contribution >= 4 is 10.8 Å². The van der Waals surface area contributed by atoms with Crippen LogP contribution in [0, 0.1) is 5.92 Å². The topological polar surface area (TPSA) is 15.3 Å². The highest BCUT2D eigenvalue weighted by Crippen LogP contribution is 2.28. The molecule has 1 atom stereocenters. The van der Waals surface area contributed by atoms with Crippen molar-refractivity contribution in [3.05, 3.63) is 48.0 Å². The molecule has 3 heterocycles. The van der Waals surface area contributed by atoms with Gasteiger partial charge in [0.15, 0.2) is 0 Å². The van der Waals surface area contributed by atoms with E-state index in [9.17, 15) is 0 Å². The van der Waals surface area contributed by atoms with Gasteiger partial charge in [0.25, 0.3) is 0 Å². The molecule has 0 aromatic heterocycles. The zero-order valence-corrected chi connectivity index (χ0v) is 11.9. The van der Waals surface area contributed by atoms with Gasteiger partial charge in [-0.25, -0.2) is 0 Å². The van der Waals surface area contributed by atoms with E-state index in [2.05, 4.69) is 52.7 Å². The van der Waals surface area contributed by atoms with Gasteiger partial charge in [-0.2, -0.15) is 0 Å². The smallest absolute Gasteiger partial charge is 0.0227 e. The molecule has 2 bridgehead atoms. The number of benzene rings is 2. The lowest BCUT2D eigenvalue weighted by Gasteiger charge is -2.45. The first-order chi connectivity index (χ1) is 9.90. The fourth-order valence-corrected chi connectivity index (χ4v) is 3.88. The highest BCUT2D eigenvalue weighted by atomic mass is 15.2. The zero-order chi connectivity index (χ0) is 13.4. The molecule has 104 valence electrons. The van der Waals surface area contributed by atoms with E-state index in [4.69, 9.17) is 0 Å². The van der Waals surface area contributed by atoms with E-state index in [0.717, 1.165) is 12.5 Å². The number of nitrogens with zero attached hydrogens (tertiary/aromatic N) is 1. The maximum atomic E-state index is 3.82. The van der Waals surface area contributed by atoms with E-state index < -0.39 is 0 Å². The van der Waals surface area contributed by atoms with Gasteiger partial charge in [-0.15, -0.1) is 0 Å². The van der Waals surface area contributed by atoms with Gasteiger partial charge in [0.05, 0.1) is 0 Å². The van der Waals surface area contributed by atoms with Crippen LogP contribution < -0.4 is 5.32 Å². The normalized spacial score (nSPS) is 28.9. The molecule has 1 unspecified atom stereocenters. The Morgan fingerprint density at radius 3 is 2.60 bits per heavy atom. The van der Waals surface area contributed by atoms with E-state index in [1.165, 1.54) is 48.8 Å². The molecule has 0 radical (unpaired) electrons. The van der Waals surface area contributed by atoms with Gasteiger partial charge >= 0.3 is 0 Å².